The van der Waals surface area contributed by atoms with Gasteiger partial charge in [0.1, 0.15) is 0 Å². The van der Waals surface area contributed by atoms with Gasteiger partial charge in [-0.1, -0.05) is 11.6 Å². The first-order valence-corrected chi connectivity index (χ1v) is 9.78. The normalized spacial score (nSPS) is 22.2. The molecular weight excluding hydrogens is 352 g/mol. The quantitative estimate of drug-likeness (QED) is 0.800. The van der Waals surface area contributed by atoms with Gasteiger partial charge in [0.2, 0.25) is 15.9 Å². The molecule has 0 atom stereocenters. The van der Waals surface area contributed by atoms with E-state index in [1.54, 1.807) is 24.8 Å². The second kappa shape index (κ2) is 5.74. The van der Waals surface area contributed by atoms with Crippen LogP contribution >= 0.6 is 11.6 Å². The van der Waals surface area contributed by atoms with Crippen molar-refractivity contribution >= 4 is 39.1 Å². The van der Waals surface area contributed by atoms with Crippen LogP contribution in [0.2, 0.25) is 5.02 Å². The Hall–Kier alpha value is -1.60. The molecule has 2 aliphatic rings. The second-order valence-electron chi connectivity index (χ2n) is 6.88. The van der Waals surface area contributed by atoms with Gasteiger partial charge in [0.05, 0.1) is 21.9 Å². The monoisotopic (exact) mass is 370 g/mol. The number of amides is 2. The van der Waals surface area contributed by atoms with Crippen LogP contribution in [-0.2, 0) is 14.8 Å². The molecule has 0 bridgehead atoms. The lowest BCUT2D eigenvalue weighted by molar-refractivity contribution is -0.123. The molecule has 1 aromatic rings. The van der Waals surface area contributed by atoms with Crippen molar-refractivity contribution in [3.63, 3.8) is 0 Å². The first-order chi connectivity index (χ1) is 11.1. The molecule has 8 heteroatoms. The Morgan fingerprint density at radius 1 is 1.21 bits per heavy atom. The number of carbonyl (C=O) groups excluding carboxylic acids is 2. The van der Waals surface area contributed by atoms with Crippen molar-refractivity contribution in [2.75, 3.05) is 23.1 Å². The molecule has 24 heavy (non-hydrogen) atoms. The van der Waals surface area contributed by atoms with E-state index in [4.69, 9.17) is 11.6 Å². The predicted molar refractivity (Wildman–Crippen MR) is 91.6 cm³/mol. The van der Waals surface area contributed by atoms with E-state index in [1.165, 1.54) is 12.1 Å². The lowest BCUT2D eigenvalue weighted by Gasteiger charge is -2.20. The topological polar surface area (TPSA) is 74.8 Å². The van der Waals surface area contributed by atoms with Crippen LogP contribution in [0.3, 0.4) is 0 Å². The van der Waals surface area contributed by atoms with Crippen LogP contribution < -0.4 is 4.31 Å². The summed E-state index contributed by atoms with van der Waals surface area (Å²) in [6.07, 6.45) is 1.92. The van der Waals surface area contributed by atoms with Gasteiger partial charge >= 0.3 is 0 Å². The maximum atomic E-state index is 12.5. The minimum absolute atomic E-state index is 0.0530. The van der Waals surface area contributed by atoms with Crippen LogP contribution in [0.5, 0.6) is 0 Å². The Morgan fingerprint density at radius 3 is 2.38 bits per heavy atom. The van der Waals surface area contributed by atoms with Crippen molar-refractivity contribution in [2.45, 2.75) is 26.7 Å². The third kappa shape index (κ3) is 2.80. The molecule has 6 nitrogen and oxygen atoms in total. The Balaban J connectivity index is 2.04. The number of halogens is 1. The van der Waals surface area contributed by atoms with Crippen LogP contribution in [0.15, 0.2) is 18.2 Å². The summed E-state index contributed by atoms with van der Waals surface area (Å²) in [6.45, 7) is 4.54. The number of anilines is 1. The fraction of sp³-hybridized carbons (Fsp3) is 0.500. The minimum atomic E-state index is -3.81. The minimum Gasteiger partial charge on any atom is -0.339 e. The van der Waals surface area contributed by atoms with Crippen LogP contribution in [0.1, 0.15) is 37.0 Å². The van der Waals surface area contributed by atoms with Crippen LogP contribution in [-0.4, -0.2) is 44.0 Å². The van der Waals surface area contributed by atoms with Gasteiger partial charge in [0.15, 0.2) is 0 Å². The number of sulfonamides is 1. The summed E-state index contributed by atoms with van der Waals surface area (Å²) >= 11 is 6.14. The standard InChI is InChI=1S/C16H19ClN2O4S/c1-16(2)10-24(22,23)19(15(16)21)13-9-11(5-6-12(13)17)14(20)18-7-3-4-8-18/h5-6,9H,3-4,7-8,10H2,1-2H3. The van der Waals surface area contributed by atoms with Crippen molar-refractivity contribution in [1.29, 1.82) is 0 Å². The molecule has 130 valence electrons. The van der Waals surface area contributed by atoms with E-state index in [0.29, 0.717) is 18.7 Å². The number of carbonyl (C=O) groups is 2. The molecular formula is C16H19ClN2O4S. The van der Waals surface area contributed by atoms with Gasteiger partial charge in [-0.15, -0.1) is 0 Å². The largest absolute Gasteiger partial charge is 0.339 e. The molecule has 2 aliphatic heterocycles. The molecule has 1 aromatic carbocycles. The molecule has 0 N–H and O–H groups in total. The highest BCUT2D eigenvalue weighted by Gasteiger charge is 2.50. The highest BCUT2D eigenvalue weighted by molar-refractivity contribution is 7.94. The number of hydrogen-bond acceptors (Lipinski definition) is 4. The van der Waals surface area contributed by atoms with E-state index in [1.807, 2.05) is 0 Å². The van der Waals surface area contributed by atoms with Crippen LogP contribution in [0.25, 0.3) is 0 Å². The molecule has 0 spiro atoms. The van der Waals surface area contributed by atoms with Gasteiger partial charge < -0.3 is 4.90 Å². The van der Waals surface area contributed by atoms with Crippen molar-refractivity contribution in [3.8, 4) is 0 Å². The van der Waals surface area contributed by atoms with Crippen molar-refractivity contribution in [2.24, 2.45) is 5.41 Å². The van der Waals surface area contributed by atoms with E-state index in [2.05, 4.69) is 0 Å². The zero-order valence-electron chi connectivity index (χ0n) is 13.6. The van der Waals surface area contributed by atoms with E-state index in [9.17, 15) is 18.0 Å². The Bertz CT molecular complexity index is 813. The van der Waals surface area contributed by atoms with Crippen LogP contribution in [0.4, 0.5) is 5.69 Å². The summed E-state index contributed by atoms with van der Waals surface area (Å²) in [5, 5.41) is 0.127. The van der Waals surface area contributed by atoms with Gasteiger partial charge in [0, 0.05) is 18.7 Å². The predicted octanol–water partition coefficient (Wildman–Crippen LogP) is 2.28. The first-order valence-electron chi connectivity index (χ1n) is 7.80. The third-order valence-electron chi connectivity index (χ3n) is 4.39. The van der Waals surface area contributed by atoms with Gasteiger partial charge in [-0.2, -0.15) is 0 Å². The molecule has 2 amide bonds. The average molecular weight is 371 g/mol. The zero-order chi connectivity index (χ0) is 17.7. The molecule has 0 aromatic heterocycles. The van der Waals surface area contributed by atoms with E-state index >= 15 is 0 Å². The summed E-state index contributed by atoms with van der Waals surface area (Å²) in [6, 6.07) is 4.43. The fourth-order valence-electron chi connectivity index (χ4n) is 3.15. The molecule has 0 radical (unpaired) electrons. The molecule has 2 fully saturated rings. The summed E-state index contributed by atoms with van der Waals surface area (Å²) < 4.78 is 25.6. The molecule has 0 saturated carbocycles. The highest BCUT2D eigenvalue weighted by atomic mass is 35.5. The number of likely N-dealkylation sites (tertiary alicyclic amines) is 1. The first kappa shape index (κ1) is 17.2. The SMILES string of the molecule is CC1(C)CS(=O)(=O)N(c2cc(C(=O)N3CCCC3)ccc2Cl)C1=O. The summed E-state index contributed by atoms with van der Waals surface area (Å²) in [4.78, 5) is 26.8. The van der Waals surface area contributed by atoms with E-state index in [0.717, 1.165) is 17.1 Å². The maximum absolute atomic E-state index is 12.5. The van der Waals surface area contributed by atoms with Crippen molar-refractivity contribution in [1.82, 2.24) is 4.90 Å². The number of rotatable bonds is 2. The molecule has 0 unspecified atom stereocenters. The van der Waals surface area contributed by atoms with Gasteiger partial charge in [-0.25, -0.2) is 12.7 Å². The lowest BCUT2D eigenvalue weighted by Crippen LogP contribution is -2.33. The van der Waals surface area contributed by atoms with Crippen molar-refractivity contribution in [3.05, 3.63) is 28.8 Å². The molecule has 0 aliphatic carbocycles. The second-order valence-corrected chi connectivity index (χ2v) is 9.10. The summed E-state index contributed by atoms with van der Waals surface area (Å²) in [5.41, 5.74) is -0.627. The van der Waals surface area contributed by atoms with Gasteiger partial charge in [-0.3, -0.25) is 9.59 Å². The number of hydrogen-bond donors (Lipinski definition) is 0. The van der Waals surface area contributed by atoms with Gasteiger partial charge in [-0.05, 0) is 44.9 Å². The van der Waals surface area contributed by atoms with Gasteiger partial charge in [0.25, 0.3) is 5.91 Å². The zero-order valence-corrected chi connectivity index (χ0v) is 15.2. The van der Waals surface area contributed by atoms with E-state index < -0.39 is 21.3 Å². The highest BCUT2D eigenvalue weighted by Crippen LogP contribution is 2.39. The summed E-state index contributed by atoms with van der Waals surface area (Å²) in [7, 11) is -3.81. The molecule has 2 saturated heterocycles. The number of nitrogens with zero attached hydrogens (tertiary/aromatic N) is 2. The maximum Gasteiger partial charge on any atom is 0.253 e. The van der Waals surface area contributed by atoms with Crippen LogP contribution in [0, 0.1) is 5.41 Å². The Kier molecular flexibility index (Phi) is 4.12. The third-order valence-corrected chi connectivity index (χ3v) is 6.71. The Labute approximate surface area is 146 Å². The summed E-state index contributed by atoms with van der Waals surface area (Å²) in [5.74, 6) is -0.983. The number of benzene rings is 1. The van der Waals surface area contributed by atoms with E-state index in [-0.39, 0.29) is 22.4 Å². The molecule has 2 heterocycles. The Morgan fingerprint density at radius 2 is 1.83 bits per heavy atom. The fourth-order valence-corrected chi connectivity index (χ4v) is 5.51. The average Bonchev–Trinajstić information content (AvgIpc) is 3.05. The smallest absolute Gasteiger partial charge is 0.253 e. The molecule has 3 rings (SSSR count). The van der Waals surface area contributed by atoms with Crippen molar-refractivity contribution < 1.29 is 18.0 Å². The lowest BCUT2D eigenvalue weighted by atomic mass is 9.95.